The van der Waals surface area contributed by atoms with Crippen LogP contribution in [0.4, 0.5) is 0 Å². The molecule has 102 valence electrons. The third-order valence-corrected chi connectivity index (χ3v) is 4.55. The molecule has 0 radical (unpaired) electrons. The van der Waals surface area contributed by atoms with Crippen molar-refractivity contribution in [1.82, 2.24) is 10.6 Å². The van der Waals surface area contributed by atoms with Crippen LogP contribution in [0.3, 0.4) is 0 Å². The quantitative estimate of drug-likeness (QED) is 0.641. The fourth-order valence-electron chi connectivity index (χ4n) is 1.87. The second-order valence-electron chi connectivity index (χ2n) is 3.93. The average Bonchev–Trinajstić information content (AvgIpc) is 2.75. The van der Waals surface area contributed by atoms with Gasteiger partial charge in [-0.25, -0.2) is 4.79 Å². The third kappa shape index (κ3) is 3.16. The molecule has 0 saturated heterocycles. The van der Waals surface area contributed by atoms with E-state index in [9.17, 15) is 4.79 Å². The molecule has 0 spiro atoms. The lowest BCUT2D eigenvalue weighted by atomic mass is 10.0. The maximum atomic E-state index is 12.1. The van der Waals surface area contributed by atoms with Gasteiger partial charge in [0.15, 0.2) is 5.11 Å². The molecule has 1 aliphatic rings. The molecule has 4 nitrogen and oxygen atoms in total. The molecular formula is C12H13BrN2O2S2. The van der Waals surface area contributed by atoms with E-state index in [4.69, 9.17) is 17.0 Å². The highest BCUT2D eigenvalue weighted by atomic mass is 79.9. The molecule has 1 aromatic rings. The highest BCUT2D eigenvalue weighted by Crippen LogP contribution is 2.34. The van der Waals surface area contributed by atoms with E-state index in [2.05, 4.69) is 26.6 Å². The Morgan fingerprint density at radius 1 is 1.58 bits per heavy atom. The zero-order valence-corrected chi connectivity index (χ0v) is 13.7. The average molecular weight is 361 g/mol. The van der Waals surface area contributed by atoms with Gasteiger partial charge in [-0.15, -0.1) is 11.3 Å². The SMILES string of the molecule is CCOC(=O)C1=C(C)NC(=S)N[C@@H]1c1ccc(Br)s1. The highest BCUT2D eigenvalue weighted by molar-refractivity contribution is 9.11. The van der Waals surface area contributed by atoms with Crippen LogP contribution >= 0.6 is 39.5 Å². The van der Waals surface area contributed by atoms with Gasteiger partial charge in [-0.2, -0.15) is 0 Å². The number of thiocarbonyl (C=S) groups is 1. The summed E-state index contributed by atoms with van der Waals surface area (Å²) < 4.78 is 6.13. The topological polar surface area (TPSA) is 50.4 Å². The van der Waals surface area contributed by atoms with Crippen molar-refractivity contribution >= 4 is 50.6 Å². The van der Waals surface area contributed by atoms with Gasteiger partial charge in [0, 0.05) is 10.6 Å². The minimum Gasteiger partial charge on any atom is -0.463 e. The number of hydrogen-bond donors (Lipinski definition) is 2. The lowest BCUT2D eigenvalue weighted by molar-refractivity contribution is -0.139. The van der Waals surface area contributed by atoms with Gasteiger partial charge in [0.2, 0.25) is 0 Å². The van der Waals surface area contributed by atoms with Gasteiger partial charge in [0.25, 0.3) is 0 Å². The molecule has 19 heavy (non-hydrogen) atoms. The van der Waals surface area contributed by atoms with E-state index in [1.807, 2.05) is 19.1 Å². The van der Waals surface area contributed by atoms with Crippen molar-refractivity contribution in [2.75, 3.05) is 6.61 Å². The van der Waals surface area contributed by atoms with Crippen LogP contribution in [0.1, 0.15) is 24.8 Å². The number of rotatable bonds is 3. The first-order valence-electron chi connectivity index (χ1n) is 5.73. The van der Waals surface area contributed by atoms with E-state index in [0.717, 1.165) is 14.4 Å². The molecule has 0 bridgehead atoms. The maximum absolute atomic E-state index is 12.1. The lowest BCUT2D eigenvalue weighted by Crippen LogP contribution is -2.44. The maximum Gasteiger partial charge on any atom is 0.338 e. The summed E-state index contributed by atoms with van der Waals surface area (Å²) in [4.78, 5) is 13.1. The van der Waals surface area contributed by atoms with Crippen LogP contribution in [-0.4, -0.2) is 17.7 Å². The Morgan fingerprint density at radius 3 is 2.89 bits per heavy atom. The van der Waals surface area contributed by atoms with Gasteiger partial charge in [-0.1, -0.05) is 0 Å². The highest BCUT2D eigenvalue weighted by Gasteiger charge is 2.31. The van der Waals surface area contributed by atoms with Gasteiger partial charge in [0.1, 0.15) is 0 Å². The second kappa shape index (κ2) is 6.02. The van der Waals surface area contributed by atoms with Crippen LogP contribution in [-0.2, 0) is 9.53 Å². The van der Waals surface area contributed by atoms with Crippen molar-refractivity contribution in [3.05, 3.63) is 32.1 Å². The second-order valence-corrected chi connectivity index (χ2v) is 6.84. The summed E-state index contributed by atoms with van der Waals surface area (Å²) in [6.45, 7) is 3.97. The van der Waals surface area contributed by atoms with Gasteiger partial charge < -0.3 is 15.4 Å². The van der Waals surface area contributed by atoms with Crippen LogP contribution < -0.4 is 10.6 Å². The summed E-state index contributed by atoms with van der Waals surface area (Å²) >= 11 is 10.1. The molecular weight excluding hydrogens is 348 g/mol. The van der Waals surface area contributed by atoms with Crippen molar-refractivity contribution in [3.8, 4) is 0 Å². The van der Waals surface area contributed by atoms with Crippen molar-refractivity contribution in [2.24, 2.45) is 0 Å². The van der Waals surface area contributed by atoms with E-state index in [1.54, 1.807) is 18.3 Å². The third-order valence-electron chi connectivity index (χ3n) is 2.64. The number of esters is 1. The molecule has 2 rings (SSSR count). The summed E-state index contributed by atoms with van der Waals surface area (Å²) in [5.74, 6) is -0.322. The zero-order chi connectivity index (χ0) is 14.0. The Balaban J connectivity index is 2.40. The van der Waals surface area contributed by atoms with E-state index in [0.29, 0.717) is 17.3 Å². The normalized spacial score (nSPS) is 18.9. The molecule has 0 fully saturated rings. The number of hydrogen-bond acceptors (Lipinski definition) is 4. The van der Waals surface area contributed by atoms with Gasteiger partial charge >= 0.3 is 5.97 Å². The molecule has 2 heterocycles. The number of ether oxygens (including phenoxy) is 1. The largest absolute Gasteiger partial charge is 0.463 e. The van der Waals surface area contributed by atoms with Crippen LogP contribution in [0.15, 0.2) is 27.2 Å². The number of carbonyl (C=O) groups excluding carboxylic acids is 1. The predicted octanol–water partition coefficient (Wildman–Crippen LogP) is 2.87. The lowest BCUT2D eigenvalue weighted by Gasteiger charge is -2.28. The summed E-state index contributed by atoms with van der Waals surface area (Å²) in [6, 6.07) is 3.65. The van der Waals surface area contributed by atoms with Gasteiger partial charge in [-0.05, 0) is 54.1 Å². The molecule has 1 aliphatic heterocycles. The Bertz CT molecular complexity index is 554. The van der Waals surface area contributed by atoms with Crippen LogP contribution in [0.25, 0.3) is 0 Å². The molecule has 0 unspecified atom stereocenters. The van der Waals surface area contributed by atoms with Crippen LogP contribution in [0, 0.1) is 0 Å². The van der Waals surface area contributed by atoms with Crippen molar-refractivity contribution < 1.29 is 9.53 Å². The smallest absolute Gasteiger partial charge is 0.338 e. The minimum atomic E-state index is -0.322. The summed E-state index contributed by atoms with van der Waals surface area (Å²) in [7, 11) is 0. The summed E-state index contributed by atoms with van der Waals surface area (Å²) in [5.41, 5.74) is 1.31. The van der Waals surface area contributed by atoms with Crippen molar-refractivity contribution in [3.63, 3.8) is 0 Å². The van der Waals surface area contributed by atoms with Gasteiger partial charge in [-0.3, -0.25) is 0 Å². The van der Waals surface area contributed by atoms with E-state index >= 15 is 0 Å². The molecule has 1 atom stereocenters. The number of thiophene rings is 1. The van der Waals surface area contributed by atoms with Gasteiger partial charge in [0.05, 0.1) is 22.0 Å². The van der Waals surface area contributed by atoms with Crippen molar-refractivity contribution in [2.45, 2.75) is 19.9 Å². The molecule has 2 N–H and O–H groups in total. The molecule has 0 saturated carbocycles. The first-order valence-corrected chi connectivity index (χ1v) is 7.75. The van der Waals surface area contributed by atoms with Crippen LogP contribution in [0.5, 0.6) is 0 Å². The molecule has 1 aromatic heterocycles. The summed E-state index contributed by atoms with van der Waals surface area (Å²) in [6.07, 6.45) is 0. The molecule has 0 aromatic carbocycles. The molecule has 0 amide bonds. The van der Waals surface area contributed by atoms with Crippen molar-refractivity contribution in [1.29, 1.82) is 0 Å². The first kappa shape index (κ1) is 14.5. The minimum absolute atomic E-state index is 0.260. The Labute approximate surface area is 129 Å². The van der Waals surface area contributed by atoms with E-state index < -0.39 is 0 Å². The van der Waals surface area contributed by atoms with E-state index in [-0.39, 0.29) is 12.0 Å². The number of carbonyl (C=O) groups is 1. The molecule has 7 heteroatoms. The number of halogens is 1. The standard InChI is InChI=1S/C12H13BrN2O2S2/c1-3-17-11(16)9-6(2)14-12(18)15-10(9)7-4-5-8(13)19-7/h4-5,10H,3H2,1-2H3,(H2,14,15,18)/t10-/m1/s1. The zero-order valence-electron chi connectivity index (χ0n) is 10.5. The fraction of sp³-hybridized carbons (Fsp3) is 0.333. The Morgan fingerprint density at radius 2 is 2.32 bits per heavy atom. The monoisotopic (exact) mass is 360 g/mol. The Hall–Kier alpha value is -0.920. The van der Waals surface area contributed by atoms with E-state index in [1.165, 1.54) is 0 Å². The first-order chi connectivity index (χ1) is 9.02. The number of allylic oxidation sites excluding steroid dienone is 1. The van der Waals surface area contributed by atoms with Crippen LogP contribution in [0.2, 0.25) is 0 Å². The predicted molar refractivity (Wildman–Crippen MR) is 83.0 cm³/mol. The summed E-state index contributed by atoms with van der Waals surface area (Å²) in [5, 5.41) is 6.60. The Kier molecular flexibility index (Phi) is 4.59. The number of nitrogens with one attached hydrogen (secondary N) is 2. The fourth-order valence-corrected chi connectivity index (χ4v) is 3.63. The molecule has 0 aliphatic carbocycles.